The molecule has 1 aliphatic rings. The SMILES string of the molecule is CCc1cc(NCC2CCS(=O)(=O)C2)ncn1. The summed E-state index contributed by atoms with van der Waals surface area (Å²) in [4.78, 5) is 8.23. The molecule has 2 rings (SSSR count). The van der Waals surface area contributed by atoms with Crippen molar-refractivity contribution >= 4 is 15.7 Å². The first-order valence-corrected chi connectivity index (χ1v) is 7.66. The lowest BCUT2D eigenvalue weighted by atomic mass is 10.1. The van der Waals surface area contributed by atoms with Crippen molar-refractivity contribution in [2.45, 2.75) is 19.8 Å². The second kappa shape index (κ2) is 5.00. The van der Waals surface area contributed by atoms with Gasteiger partial charge in [0, 0.05) is 18.3 Å². The Bertz CT molecular complexity index is 487. The van der Waals surface area contributed by atoms with E-state index >= 15 is 0 Å². The van der Waals surface area contributed by atoms with E-state index in [9.17, 15) is 8.42 Å². The van der Waals surface area contributed by atoms with Gasteiger partial charge in [0.2, 0.25) is 0 Å². The van der Waals surface area contributed by atoms with Gasteiger partial charge in [0.1, 0.15) is 12.1 Å². The largest absolute Gasteiger partial charge is 0.370 e. The van der Waals surface area contributed by atoms with E-state index in [4.69, 9.17) is 0 Å². The zero-order valence-electron chi connectivity index (χ0n) is 9.89. The molecule has 0 bridgehead atoms. The number of hydrogen-bond acceptors (Lipinski definition) is 5. The van der Waals surface area contributed by atoms with Gasteiger partial charge in [-0.3, -0.25) is 0 Å². The average Bonchev–Trinajstić information content (AvgIpc) is 2.67. The van der Waals surface area contributed by atoms with E-state index in [1.807, 2.05) is 13.0 Å². The molecule has 0 spiro atoms. The van der Waals surface area contributed by atoms with Crippen LogP contribution in [0.25, 0.3) is 0 Å². The number of aryl methyl sites for hydroxylation is 1. The minimum atomic E-state index is -2.79. The van der Waals surface area contributed by atoms with E-state index in [1.165, 1.54) is 6.33 Å². The van der Waals surface area contributed by atoms with Crippen LogP contribution in [0.2, 0.25) is 0 Å². The Balaban J connectivity index is 1.90. The molecule has 6 heteroatoms. The van der Waals surface area contributed by atoms with Crippen molar-refractivity contribution in [3.8, 4) is 0 Å². The molecule has 2 heterocycles. The lowest BCUT2D eigenvalue weighted by Crippen LogP contribution is -2.16. The normalized spacial score (nSPS) is 22.5. The third kappa shape index (κ3) is 3.39. The van der Waals surface area contributed by atoms with Crippen LogP contribution in [0.4, 0.5) is 5.82 Å². The van der Waals surface area contributed by atoms with Gasteiger partial charge >= 0.3 is 0 Å². The highest BCUT2D eigenvalue weighted by Gasteiger charge is 2.27. The monoisotopic (exact) mass is 255 g/mol. The van der Waals surface area contributed by atoms with Crippen molar-refractivity contribution in [2.24, 2.45) is 5.92 Å². The number of nitrogens with one attached hydrogen (secondary N) is 1. The highest BCUT2D eigenvalue weighted by molar-refractivity contribution is 7.91. The molecule has 0 aromatic carbocycles. The molecule has 1 atom stereocenters. The minimum absolute atomic E-state index is 0.208. The first-order valence-electron chi connectivity index (χ1n) is 5.84. The quantitative estimate of drug-likeness (QED) is 0.865. The van der Waals surface area contributed by atoms with Gasteiger partial charge in [-0.15, -0.1) is 0 Å². The lowest BCUT2D eigenvalue weighted by Gasteiger charge is -2.10. The maximum atomic E-state index is 11.3. The van der Waals surface area contributed by atoms with Crippen molar-refractivity contribution in [2.75, 3.05) is 23.4 Å². The highest BCUT2D eigenvalue weighted by Crippen LogP contribution is 2.18. The Morgan fingerprint density at radius 1 is 1.47 bits per heavy atom. The van der Waals surface area contributed by atoms with Crippen LogP contribution in [-0.2, 0) is 16.3 Å². The van der Waals surface area contributed by atoms with Gasteiger partial charge < -0.3 is 5.32 Å². The molecule has 5 nitrogen and oxygen atoms in total. The highest BCUT2D eigenvalue weighted by atomic mass is 32.2. The van der Waals surface area contributed by atoms with Crippen LogP contribution < -0.4 is 5.32 Å². The smallest absolute Gasteiger partial charge is 0.150 e. The van der Waals surface area contributed by atoms with Crippen molar-refractivity contribution in [1.29, 1.82) is 0 Å². The second-order valence-electron chi connectivity index (χ2n) is 4.40. The van der Waals surface area contributed by atoms with Gasteiger partial charge in [-0.05, 0) is 18.8 Å². The maximum absolute atomic E-state index is 11.3. The Morgan fingerprint density at radius 2 is 2.29 bits per heavy atom. The molecule has 94 valence electrons. The fourth-order valence-corrected chi connectivity index (χ4v) is 3.83. The summed E-state index contributed by atoms with van der Waals surface area (Å²) in [5.74, 6) is 1.61. The molecule has 1 unspecified atom stereocenters. The summed E-state index contributed by atoms with van der Waals surface area (Å²) in [6.07, 6.45) is 3.16. The van der Waals surface area contributed by atoms with Gasteiger partial charge in [0.25, 0.3) is 0 Å². The Kier molecular flexibility index (Phi) is 3.61. The molecule has 1 aromatic rings. The van der Waals surface area contributed by atoms with Crippen molar-refractivity contribution in [3.05, 3.63) is 18.1 Å². The van der Waals surface area contributed by atoms with Gasteiger partial charge in [0.05, 0.1) is 11.5 Å². The first kappa shape index (κ1) is 12.3. The van der Waals surface area contributed by atoms with Crippen LogP contribution in [0, 0.1) is 5.92 Å². The van der Waals surface area contributed by atoms with Crippen LogP contribution in [0.1, 0.15) is 19.0 Å². The molecule has 0 saturated carbocycles. The summed E-state index contributed by atoms with van der Waals surface area (Å²) >= 11 is 0. The third-order valence-electron chi connectivity index (χ3n) is 2.98. The van der Waals surface area contributed by atoms with E-state index in [0.29, 0.717) is 18.1 Å². The molecule has 0 aliphatic carbocycles. The van der Waals surface area contributed by atoms with Crippen molar-refractivity contribution in [3.63, 3.8) is 0 Å². The molecule has 0 amide bonds. The van der Waals surface area contributed by atoms with Gasteiger partial charge in [-0.2, -0.15) is 0 Å². The summed E-state index contributed by atoms with van der Waals surface area (Å²) in [6, 6.07) is 1.91. The van der Waals surface area contributed by atoms with Crippen molar-refractivity contribution in [1.82, 2.24) is 9.97 Å². The second-order valence-corrected chi connectivity index (χ2v) is 6.63. The number of anilines is 1. The fourth-order valence-electron chi connectivity index (χ4n) is 1.97. The lowest BCUT2D eigenvalue weighted by molar-refractivity contribution is 0.595. The Labute approximate surface area is 102 Å². The van der Waals surface area contributed by atoms with Crippen LogP contribution in [0.15, 0.2) is 12.4 Å². The van der Waals surface area contributed by atoms with E-state index in [2.05, 4.69) is 15.3 Å². The minimum Gasteiger partial charge on any atom is -0.370 e. The van der Waals surface area contributed by atoms with Crippen molar-refractivity contribution < 1.29 is 8.42 Å². The third-order valence-corrected chi connectivity index (χ3v) is 4.82. The van der Waals surface area contributed by atoms with Gasteiger partial charge in [-0.1, -0.05) is 6.92 Å². The predicted octanol–water partition coefficient (Wildman–Crippen LogP) is 0.886. The molecular formula is C11H17N3O2S. The zero-order valence-corrected chi connectivity index (χ0v) is 10.7. The molecule has 1 N–H and O–H groups in total. The summed E-state index contributed by atoms with van der Waals surface area (Å²) in [7, 11) is -2.79. The van der Waals surface area contributed by atoms with Crippen LogP contribution in [0.3, 0.4) is 0 Å². The summed E-state index contributed by atoms with van der Waals surface area (Å²) in [5, 5.41) is 3.18. The number of aromatic nitrogens is 2. The molecular weight excluding hydrogens is 238 g/mol. The first-order chi connectivity index (χ1) is 8.09. The van der Waals surface area contributed by atoms with Gasteiger partial charge in [0.15, 0.2) is 9.84 Å². The van der Waals surface area contributed by atoms with Crippen LogP contribution >= 0.6 is 0 Å². The number of rotatable bonds is 4. The molecule has 1 fully saturated rings. The molecule has 17 heavy (non-hydrogen) atoms. The molecule has 1 aliphatic heterocycles. The summed E-state index contributed by atoms with van der Waals surface area (Å²) in [5.41, 5.74) is 0.988. The van der Waals surface area contributed by atoms with Crippen LogP contribution in [-0.4, -0.2) is 36.4 Å². The Morgan fingerprint density at radius 3 is 2.94 bits per heavy atom. The van der Waals surface area contributed by atoms with E-state index < -0.39 is 9.84 Å². The molecule has 0 radical (unpaired) electrons. The summed E-state index contributed by atoms with van der Waals surface area (Å²) in [6.45, 7) is 2.70. The van der Waals surface area contributed by atoms with Crippen LogP contribution in [0.5, 0.6) is 0 Å². The molecule has 1 saturated heterocycles. The van der Waals surface area contributed by atoms with E-state index in [-0.39, 0.29) is 5.92 Å². The number of sulfone groups is 1. The topological polar surface area (TPSA) is 72.0 Å². The number of nitrogens with zero attached hydrogens (tertiary/aromatic N) is 2. The van der Waals surface area contributed by atoms with E-state index in [0.717, 1.165) is 24.4 Å². The fraction of sp³-hybridized carbons (Fsp3) is 0.636. The zero-order chi connectivity index (χ0) is 12.3. The summed E-state index contributed by atoms with van der Waals surface area (Å²) < 4.78 is 22.6. The number of hydrogen-bond donors (Lipinski definition) is 1. The predicted molar refractivity (Wildman–Crippen MR) is 66.7 cm³/mol. The Hall–Kier alpha value is -1.17. The maximum Gasteiger partial charge on any atom is 0.150 e. The van der Waals surface area contributed by atoms with E-state index in [1.54, 1.807) is 0 Å². The molecule has 1 aromatic heterocycles. The average molecular weight is 255 g/mol. The standard InChI is InChI=1S/C11H17N3O2S/c1-2-10-5-11(14-8-13-10)12-6-9-3-4-17(15,16)7-9/h5,8-9H,2-4,6-7H2,1H3,(H,12,13,14). The van der Waals surface area contributed by atoms with Gasteiger partial charge in [-0.25, -0.2) is 18.4 Å².